The van der Waals surface area contributed by atoms with Crippen molar-refractivity contribution in [1.82, 2.24) is 0 Å². The highest BCUT2D eigenvalue weighted by atomic mass is 14.5. The molecule has 0 heterocycles. The van der Waals surface area contributed by atoms with Gasteiger partial charge < -0.3 is 0 Å². The van der Waals surface area contributed by atoms with Crippen molar-refractivity contribution >= 4 is 0 Å². The predicted molar refractivity (Wildman–Crippen MR) is 48.4 cm³/mol. The fourth-order valence-corrected chi connectivity index (χ4v) is 2.68. The molecule has 0 aromatic rings. The Morgan fingerprint density at radius 1 is 1.27 bits per heavy atom. The fourth-order valence-electron chi connectivity index (χ4n) is 2.68. The van der Waals surface area contributed by atoms with E-state index >= 15 is 0 Å². The Kier molecular flexibility index (Phi) is 1.59. The molecule has 1 fully saturated rings. The van der Waals surface area contributed by atoms with E-state index in [2.05, 4.69) is 26.0 Å². The SMILES string of the molecule is CC(C)C1CC=CCC12CC2. The Labute approximate surface area is 69.7 Å². The molecule has 2 rings (SSSR count). The van der Waals surface area contributed by atoms with Crippen LogP contribution in [0.5, 0.6) is 0 Å². The van der Waals surface area contributed by atoms with E-state index in [-0.39, 0.29) is 0 Å². The molecular weight excluding hydrogens is 132 g/mol. The van der Waals surface area contributed by atoms with E-state index in [4.69, 9.17) is 0 Å². The fraction of sp³-hybridized carbons (Fsp3) is 0.818. The van der Waals surface area contributed by atoms with E-state index in [1.807, 2.05) is 0 Å². The van der Waals surface area contributed by atoms with Crippen molar-refractivity contribution in [2.75, 3.05) is 0 Å². The first-order valence-corrected chi connectivity index (χ1v) is 4.90. The maximum absolute atomic E-state index is 2.39. The molecule has 62 valence electrons. The lowest BCUT2D eigenvalue weighted by Gasteiger charge is -2.31. The summed E-state index contributed by atoms with van der Waals surface area (Å²) < 4.78 is 0. The van der Waals surface area contributed by atoms with Crippen LogP contribution in [-0.4, -0.2) is 0 Å². The highest BCUT2D eigenvalue weighted by molar-refractivity contribution is 5.09. The monoisotopic (exact) mass is 150 g/mol. The average Bonchev–Trinajstić information content (AvgIpc) is 2.70. The van der Waals surface area contributed by atoms with Crippen LogP contribution < -0.4 is 0 Å². The topological polar surface area (TPSA) is 0 Å². The van der Waals surface area contributed by atoms with Crippen LogP contribution in [0.15, 0.2) is 12.2 Å². The summed E-state index contributed by atoms with van der Waals surface area (Å²) in [6, 6.07) is 0. The molecule has 2 aliphatic carbocycles. The summed E-state index contributed by atoms with van der Waals surface area (Å²) in [6.45, 7) is 4.76. The van der Waals surface area contributed by atoms with Crippen LogP contribution in [0.3, 0.4) is 0 Å². The lowest BCUT2D eigenvalue weighted by molar-refractivity contribution is 0.224. The van der Waals surface area contributed by atoms with Crippen LogP contribution in [0.2, 0.25) is 0 Å². The molecule has 1 spiro atoms. The van der Waals surface area contributed by atoms with Crippen LogP contribution in [0.1, 0.15) is 39.5 Å². The summed E-state index contributed by atoms with van der Waals surface area (Å²) in [5.41, 5.74) is 0.781. The molecule has 0 bridgehead atoms. The van der Waals surface area contributed by atoms with Gasteiger partial charge in [0.05, 0.1) is 0 Å². The molecule has 0 saturated heterocycles. The first-order valence-electron chi connectivity index (χ1n) is 4.90. The number of hydrogen-bond donors (Lipinski definition) is 0. The summed E-state index contributed by atoms with van der Waals surface area (Å²) in [6.07, 6.45) is 10.5. The molecule has 1 unspecified atom stereocenters. The lowest BCUT2D eigenvalue weighted by atomic mass is 9.74. The number of allylic oxidation sites excluding steroid dienone is 2. The number of hydrogen-bond acceptors (Lipinski definition) is 0. The third-order valence-electron chi connectivity index (χ3n) is 3.56. The molecule has 1 atom stereocenters. The molecule has 1 saturated carbocycles. The third-order valence-corrected chi connectivity index (χ3v) is 3.56. The van der Waals surface area contributed by atoms with Gasteiger partial charge >= 0.3 is 0 Å². The minimum atomic E-state index is 0.781. The Hall–Kier alpha value is -0.260. The molecule has 0 aliphatic heterocycles. The molecule has 2 aliphatic rings. The Morgan fingerprint density at radius 3 is 2.45 bits per heavy atom. The van der Waals surface area contributed by atoms with Crippen molar-refractivity contribution in [2.45, 2.75) is 39.5 Å². The average molecular weight is 150 g/mol. The second-order valence-electron chi connectivity index (χ2n) is 4.62. The maximum atomic E-state index is 2.39. The minimum absolute atomic E-state index is 0.781. The second kappa shape index (κ2) is 2.36. The van der Waals surface area contributed by atoms with Crippen molar-refractivity contribution < 1.29 is 0 Å². The van der Waals surface area contributed by atoms with E-state index < -0.39 is 0 Å². The van der Waals surface area contributed by atoms with Gasteiger partial charge in [-0.2, -0.15) is 0 Å². The summed E-state index contributed by atoms with van der Waals surface area (Å²) >= 11 is 0. The molecular formula is C11H18. The van der Waals surface area contributed by atoms with Crippen molar-refractivity contribution in [3.63, 3.8) is 0 Å². The van der Waals surface area contributed by atoms with Crippen LogP contribution in [0.4, 0.5) is 0 Å². The van der Waals surface area contributed by atoms with Crippen LogP contribution >= 0.6 is 0 Å². The third kappa shape index (κ3) is 1.13. The van der Waals surface area contributed by atoms with Crippen molar-refractivity contribution in [3.8, 4) is 0 Å². The molecule has 0 radical (unpaired) electrons. The van der Waals surface area contributed by atoms with Gasteiger partial charge in [0.2, 0.25) is 0 Å². The second-order valence-corrected chi connectivity index (χ2v) is 4.62. The zero-order valence-corrected chi connectivity index (χ0v) is 7.64. The standard InChI is InChI=1S/C11H18/c1-9(2)10-5-3-4-6-11(10)7-8-11/h3-4,9-10H,5-8H2,1-2H3. The van der Waals surface area contributed by atoms with Gasteiger partial charge in [-0.05, 0) is 42.9 Å². The van der Waals surface area contributed by atoms with Crippen LogP contribution in [-0.2, 0) is 0 Å². The lowest BCUT2D eigenvalue weighted by Crippen LogP contribution is -2.22. The van der Waals surface area contributed by atoms with Gasteiger partial charge in [0.1, 0.15) is 0 Å². The van der Waals surface area contributed by atoms with E-state index in [9.17, 15) is 0 Å². The van der Waals surface area contributed by atoms with Gasteiger partial charge in [-0.1, -0.05) is 26.0 Å². The van der Waals surface area contributed by atoms with Crippen molar-refractivity contribution in [1.29, 1.82) is 0 Å². The predicted octanol–water partition coefficient (Wildman–Crippen LogP) is 3.39. The summed E-state index contributed by atoms with van der Waals surface area (Å²) in [5.74, 6) is 1.88. The van der Waals surface area contributed by atoms with Gasteiger partial charge in [0.25, 0.3) is 0 Å². The molecule has 0 amide bonds. The highest BCUT2D eigenvalue weighted by Crippen LogP contribution is 2.59. The van der Waals surface area contributed by atoms with E-state index in [1.54, 1.807) is 0 Å². The Bertz CT molecular complexity index is 172. The molecule has 0 aromatic heterocycles. The number of rotatable bonds is 1. The molecule has 11 heavy (non-hydrogen) atoms. The van der Waals surface area contributed by atoms with Gasteiger partial charge in [0, 0.05) is 0 Å². The summed E-state index contributed by atoms with van der Waals surface area (Å²) in [4.78, 5) is 0. The maximum Gasteiger partial charge on any atom is -0.0229 e. The molecule has 0 heteroatoms. The van der Waals surface area contributed by atoms with Crippen LogP contribution in [0, 0.1) is 17.3 Å². The minimum Gasteiger partial charge on any atom is -0.0882 e. The van der Waals surface area contributed by atoms with Gasteiger partial charge in [0.15, 0.2) is 0 Å². The Morgan fingerprint density at radius 2 is 2.00 bits per heavy atom. The van der Waals surface area contributed by atoms with Gasteiger partial charge in [-0.25, -0.2) is 0 Å². The largest absolute Gasteiger partial charge is 0.0882 e. The zero-order chi connectivity index (χ0) is 7.90. The smallest absolute Gasteiger partial charge is 0.0229 e. The summed E-state index contributed by atoms with van der Waals surface area (Å²) in [7, 11) is 0. The summed E-state index contributed by atoms with van der Waals surface area (Å²) in [5, 5.41) is 0. The van der Waals surface area contributed by atoms with E-state index in [1.165, 1.54) is 25.7 Å². The van der Waals surface area contributed by atoms with E-state index in [0.29, 0.717) is 0 Å². The first-order chi connectivity index (χ1) is 5.25. The van der Waals surface area contributed by atoms with Gasteiger partial charge in [-0.3, -0.25) is 0 Å². The molecule has 0 N–H and O–H groups in total. The molecule has 0 nitrogen and oxygen atoms in total. The Balaban J connectivity index is 2.12. The van der Waals surface area contributed by atoms with Crippen molar-refractivity contribution in [2.24, 2.45) is 17.3 Å². The zero-order valence-electron chi connectivity index (χ0n) is 7.64. The molecule has 0 aromatic carbocycles. The van der Waals surface area contributed by atoms with Gasteiger partial charge in [-0.15, -0.1) is 0 Å². The van der Waals surface area contributed by atoms with Crippen LogP contribution in [0.25, 0.3) is 0 Å². The normalized spacial score (nSPS) is 33.2. The quantitative estimate of drug-likeness (QED) is 0.503. The van der Waals surface area contributed by atoms with Crippen molar-refractivity contribution in [3.05, 3.63) is 12.2 Å². The first kappa shape index (κ1) is 7.39. The highest BCUT2D eigenvalue weighted by Gasteiger charge is 2.49. The van der Waals surface area contributed by atoms with E-state index in [0.717, 1.165) is 17.3 Å².